The number of benzene rings is 1. The molecule has 0 saturated heterocycles. The standard InChI is InChI=1S/C10H11F2NO2S/c1-6-3-2-4-7-9(6)16(14,15)5-8(13)10(7,11)12/h2-4,8H,5,13H2,1H3. The summed E-state index contributed by atoms with van der Waals surface area (Å²) in [6.45, 7) is 1.50. The van der Waals surface area contributed by atoms with Gasteiger partial charge in [-0.3, -0.25) is 0 Å². The molecule has 0 amide bonds. The van der Waals surface area contributed by atoms with Crippen molar-refractivity contribution in [3.05, 3.63) is 29.3 Å². The van der Waals surface area contributed by atoms with Crippen LogP contribution in [0.25, 0.3) is 0 Å². The Balaban J connectivity index is 2.83. The van der Waals surface area contributed by atoms with Gasteiger partial charge in [0.15, 0.2) is 9.84 Å². The normalized spacial score (nSPS) is 26.1. The highest BCUT2D eigenvalue weighted by Gasteiger charge is 2.49. The molecule has 2 rings (SSSR count). The number of fused-ring (bicyclic) bond motifs is 1. The summed E-state index contributed by atoms with van der Waals surface area (Å²) < 4.78 is 51.0. The summed E-state index contributed by atoms with van der Waals surface area (Å²) in [5.74, 6) is -4.00. The lowest BCUT2D eigenvalue weighted by Gasteiger charge is -2.31. The van der Waals surface area contributed by atoms with Gasteiger partial charge in [0.25, 0.3) is 5.92 Å². The van der Waals surface area contributed by atoms with Crippen LogP contribution in [-0.2, 0) is 15.8 Å². The number of aryl methyl sites for hydroxylation is 1. The topological polar surface area (TPSA) is 60.2 Å². The van der Waals surface area contributed by atoms with Crippen molar-refractivity contribution in [3.8, 4) is 0 Å². The Hall–Kier alpha value is -1.01. The Labute approximate surface area is 92.2 Å². The third kappa shape index (κ3) is 1.44. The lowest BCUT2D eigenvalue weighted by atomic mass is 10.00. The highest BCUT2D eigenvalue weighted by Crippen LogP contribution is 2.41. The predicted molar refractivity (Wildman–Crippen MR) is 55.1 cm³/mol. The van der Waals surface area contributed by atoms with E-state index in [0.29, 0.717) is 5.56 Å². The maximum Gasteiger partial charge on any atom is 0.290 e. The molecule has 88 valence electrons. The number of nitrogens with two attached hydrogens (primary N) is 1. The van der Waals surface area contributed by atoms with Crippen LogP contribution in [0.15, 0.2) is 23.1 Å². The van der Waals surface area contributed by atoms with E-state index in [-0.39, 0.29) is 4.90 Å². The van der Waals surface area contributed by atoms with E-state index in [1.807, 2.05) is 0 Å². The van der Waals surface area contributed by atoms with Crippen LogP contribution in [-0.4, -0.2) is 20.2 Å². The molecule has 0 fully saturated rings. The van der Waals surface area contributed by atoms with E-state index in [1.54, 1.807) is 0 Å². The molecule has 0 bridgehead atoms. The van der Waals surface area contributed by atoms with Gasteiger partial charge in [-0.05, 0) is 12.5 Å². The van der Waals surface area contributed by atoms with Crippen LogP contribution >= 0.6 is 0 Å². The van der Waals surface area contributed by atoms with Gasteiger partial charge in [0, 0.05) is 5.56 Å². The Morgan fingerprint density at radius 3 is 2.69 bits per heavy atom. The van der Waals surface area contributed by atoms with Crippen LogP contribution in [0.1, 0.15) is 11.1 Å². The van der Waals surface area contributed by atoms with Crippen LogP contribution in [0.5, 0.6) is 0 Å². The highest BCUT2D eigenvalue weighted by molar-refractivity contribution is 7.91. The molecular formula is C10H11F2NO2S. The highest BCUT2D eigenvalue weighted by atomic mass is 32.2. The fourth-order valence-corrected chi connectivity index (χ4v) is 3.90. The summed E-state index contributed by atoms with van der Waals surface area (Å²) >= 11 is 0. The first-order chi connectivity index (χ1) is 7.27. The van der Waals surface area contributed by atoms with E-state index in [1.165, 1.54) is 19.1 Å². The first kappa shape index (κ1) is 11.5. The molecule has 1 unspecified atom stereocenters. The van der Waals surface area contributed by atoms with Gasteiger partial charge in [0.05, 0.1) is 16.7 Å². The number of hydrogen-bond donors (Lipinski definition) is 1. The van der Waals surface area contributed by atoms with Crippen LogP contribution in [0.3, 0.4) is 0 Å². The largest absolute Gasteiger partial charge is 0.322 e. The first-order valence-corrected chi connectivity index (χ1v) is 6.38. The molecule has 1 aliphatic rings. The van der Waals surface area contributed by atoms with Crippen molar-refractivity contribution >= 4 is 9.84 Å². The molecule has 1 heterocycles. The van der Waals surface area contributed by atoms with E-state index >= 15 is 0 Å². The number of rotatable bonds is 0. The minimum atomic E-state index is -3.70. The molecule has 3 nitrogen and oxygen atoms in total. The van der Waals surface area contributed by atoms with Crippen molar-refractivity contribution in [1.82, 2.24) is 0 Å². The van der Waals surface area contributed by atoms with Gasteiger partial charge in [-0.15, -0.1) is 0 Å². The minimum absolute atomic E-state index is 0.262. The zero-order valence-electron chi connectivity index (χ0n) is 8.57. The molecule has 1 atom stereocenters. The molecule has 0 spiro atoms. The van der Waals surface area contributed by atoms with Crippen molar-refractivity contribution in [2.45, 2.75) is 23.8 Å². The van der Waals surface area contributed by atoms with Gasteiger partial charge in [-0.2, -0.15) is 8.78 Å². The molecule has 1 aliphatic heterocycles. The van der Waals surface area contributed by atoms with Crippen molar-refractivity contribution in [2.24, 2.45) is 5.73 Å². The van der Waals surface area contributed by atoms with Gasteiger partial charge in [0.2, 0.25) is 0 Å². The van der Waals surface area contributed by atoms with E-state index in [4.69, 9.17) is 5.73 Å². The van der Waals surface area contributed by atoms with Crippen molar-refractivity contribution < 1.29 is 17.2 Å². The third-order valence-electron chi connectivity index (χ3n) is 2.75. The average molecular weight is 247 g/mol. The Bertz CT molecular complexity index is 540. The average Bonchev–Trinajstić information content (AvgIpc) is 2.14. The SMILES string of the molecule is Cc1cccc2c1S(=O)(=O)CC(N)C2(F)F. The predicted octanol–water partition coefficient (Wildman–Crippen LogP) is 1.20. The first-order valence-electron chi connectivity index (χ1n) is 4.73. The summed E-state index contributed by atoms with van der Waals surface area (Å²) in [6, 6.07) is 2.37. The van der Waals surface area contributed by atoms with E-state index < -0.39 is 33.1 Å². The quantitative estimate of drug-likeness (QED) is 0.749. The molecule has 0 aliphatic carbocycles. The maximum absolute atomic E-state index is 13.7. The summed E-state index contributed by atoms with van der Waals surface area (Å²) in [7, 11) is -3.70. The second-order valence-electron chi connectivity index (χ2n) is 3.96. The van der Waals surface area contributed by atoms with E-state index in [2.05, 4.69) is 0 Å². The van der Waals surface area contributed by atoms with Crippen molar-refractivity contribution in [1.29, 1.82) is 0 Å². The summed E-state index contributed by atoms with van der Waals surface area (Å²) in [5, 5.41) is 0. The minimum Gasteiger partial charge on any atom is -0.322 e. The van der Waals surface area contributed by atoms with Crippen LogP contribution in [0.4, 0.5) is 8.78 Å². The lowest BCUT2D eigenvalue weighted by Crippen LogP contribution is -2.48. The Morgan fingerprint density at radius 1 is 1.44 bits per heavy atom. The number of sulfone groups is 1. The molecule has 2 N–H and O–H groups in total. The fourth-order valence-electron chi connectivity index (χ4n) is 1.95. The summed E-state index contributed by atoms with van der Waals surface area (Å²) in [5.41, 5.74) is 5.08. The summed E-state index contributed by atoms with van der Waals surface area (Å²) in [4.78, 5) is -0.262. The van der Waals surface area contributed by atoms with Crippen molar-refractivity contribution in [2.75, 3.05) is 5.75 Å². The molecule has 6 heteroatoms. The maximum atomic E-state index is 13.7. The number of hydrogen-bond acceptors (Lipinski definition) is 3. The lowest BCUT2D eigenvalue weighted by molar-refractivity contribution is -0.0299. The molecule has 16 heavy (non-hydrogen) atoms. The van der Waals surface area contributed by atoms with Gasteiger partial charge in [0.1, 0.15) is 0 Å². The number of alkyl halides is 2. The van der Waals surface area contributed by atoms with Gasteiger partial charge in [-0.1, -0.05) is 18.2 Å². The second-order valence-corrected chi connectivity index (χ2v) is 5.93. The molecule has 0 saturated carbocycles. The van der Waals surface area contributed by atoms with E-state index in [0.717, 1.165) is 6.07 Å². The fraction of sp³-hybridized carbons (Fsp3) is 0.400. The summed E-state index contributed by atoms with van der Waals surface area (Å²) in [6.07, 6.45) is 0. The van der Waals surface area contributed by atoms with Crippen LogP contribution < -0.4 is 5.73 Å². The monoisotopic (exact) mass is 247 g/mol. The van der Waals surface area contributed by atoms with Crippen LogP contribution in [0, 0.1) is 6.92 Å². The van der Waals surface area contributed by atoms with Crippen LogP contribution in [0.2, 0.25) is 0 Å². The smallest absolute Gasteiger partial charge is 0.290 e. The molecule has 1 aromatic rings. The third-order valence-corrected chi connectivity index (χ3v) is 4.71. The zero-order chi connectivity index (χ0) is 12.1. The van der Waals surface area contributed by atoms with E-state index in [9.17, 15) is 17.2 Å². The molecule has 0 radical (unpaired) electrons. The van der Waals surface area contributed by atoms with Gasteiger partial charge < -0.3 is 5.73 Å². The zero-order valence-corrected chi connectivity index (χ0v) is 9.39. The Kier molecular flexibility index (Phi) is 2.32. The van der Waals surface area contributed by atoms with Crippen molar-refractivity contribution in [3.63, 3.8) is 0 Å². The Morgan fingerprint density at radius 2 is 2.06 bits per heavy atom. The molecule has 0 aromatic heterocycles. The molecule has 1 aromatic carbocycles. The number of halogens is 2. The molecular weight excluding hydrogens is 236 g/mol. The van der Waals surface area contributed by atoms with Gasteiger partial charge >= 0.3 is 0 Å². The van der Waals surface area contributed by atoms with Gasteiger partial charge in [-0.25, -0.2) is 8.42 Å². The second kappa shape index (κ2) is 3.24.